The van der Waals surface area contributed by atoms with Crippen molar-refractivity contribution in [3.63, 3.8) is 0 Å². The van der Waals surface area contributed by atoms with Crippen molar-refractivity contribution in [2.45, 2.75) is 13.0 Å². The minimum absolute atomic E-state index is 0.115. The molecular weight excluding hydrogens is 430 g/mol. The number of amides is 1. The van der Waals surface area contributed by atoms with E-state index in [1.54, 1.807) is 17.2 Å². The van der Waals surface area contributed by atoms with Crippen molar-refractivity contribution < 1.29 is 18.7 Å². The average Bonchev–Trinajstić information content (AvgIpc) is 3.39. The van der Waals surface area contributed by atoms with Crippen LogP contribution in [-0.4, -0.2) is 28.3 Å². The maximum atomic E-state index is 12.8. The molecule has 0 atom stereocenters. The van der Waals surface area contributed by atoms with Gasteiger partial charge in [0.1, 0.15) is 21.6 Å². The first-order valence-electron chi connectivity index (χ1n) is 9.87. The van der Waals surface area contributed by atoms with Crippen LogP contribution < -0.4 is 9.47 Å². The van der Waals surface area contributed by atoms with Crippen LogP contribution in [0, 0.1) is 0 Å². The molecule has 2 aromatic carbocycles. The van der Waals surface area contributed by atoms with Gasteiger partial charge in [-0.2, -0.15) is 0 Å². The van der Waals surface area contributed by atoms with Gasteiger partial charge in [-0.25, -0.2) is 0 Å². The monoisotopic (exact) mass is 451 g/mol. The Morgan fingerprint density at radius 2 is 1.74 bits per heavy atom. The summed E-state index contributed by atoms with van der Waals surface area (Å²) < 4.78 is 17.4. The number of furan rings is 1. The molecule has 0 bridgehead atoms. The molecule has 3 aromatic rings. The SMILES string of the molecule is O=C1C(=Cc2cccc(OCCCOc3ccccc3)c2)SC(=S)N1Cc1ccco1. The molecule has 31 heavy (non-hydrogen) atoms. The average molecular weight is 452 g/mol. The summed E-state index contributed by atoms with van der Waals surface area (Å²) in [7, 11) is 0. The number of hydrogen-bond acceptors (Lipinski definition) is 6. The number of para-hydroxylation sites is 1. The van der Waals surface area contributed by atoms with E-state index in [0.717, 1.165) is 23.5 Å². The lowest BCUT2D eigenvalue weighted by molar-refractivity contribution is -0.122. The fraction of sp³-hybridized carbons (Fsp3) is 0.167. The zero-order chi connectivity index (χ0) is 21.5. The Balaban J connectivity index is 1.31. The highest BCUT2D eigenvalue weighted by Gasteiger charge is 2.32. The molecule has 5 nitrogen and oxygen atoms in total. The summed E-state index contributed by atoms with van der Waals surface area (Å²) >= 11 is 6.67. The van der Waals surface area contributed by atoms with Crippen LogP contribution in [0.3, 0.4) is 0 Å². The predicted octanol–water partition coefficient (Wildman–Crippen LogP) is 5.53. The number of rotatable bonds is 9. The molecule has 1 aliphatic heterocycles. The summed E-state index contributed by atoms with van der Waals surface area (Å²) in [5.41, 5.74) is 0.886. The Kier molecular flexibility index (Phi) is 7.07. The number of benzene rings is 2. The van der Waals surface area contributed by atoms with Gasteiger partial charge in [0.05, 0.1) is 30.9 Å². The van der Waals surface area contributed by atoms with Crippen LogP contribution >= 0.6 is 24.0 Å². The third-order valence-electron chi connectivity index (χ3n) is 4.49. The van der Waals surface area contributed by atoms with E-state index in [2.05, 4.69) is 0 Å². The number of carbonyl (C=O) groups excluding carboxylic acids is 1. The Labute approximate surface area is 190 Å². The first-order valence-corrected chi connectivity index (χ1v) is 11.1. The van der Waals surface area contributed by atoms with Crippen molar-refractivity contribution in [1.82, 2.24) is 4.90 Å². The quantitative estimate of drug-likeness (QED) is 0.242. The molecule has 1 fully saturated rings. The second kappa shape index (κ2) is 10.3. The fourth-order valence-corrected chi connectivity index (χ4v) is 4.25. The van der Waals surface area contributed by atoms with Gasteiger partial charge in [-0.3, -0.25) is 9.69 Å². The molecule has 0 aliphatic carbocycles. The van der Waals surface area contributed by atoms with Gasteiger partial charge in [0.2, 0.25) is 0 Å². The normalized spacial score (nSPS) is 15.0. The van der Waals surface area contributed by atoms with E-state index >= 15 is 0 Å². The molecule has 1 saturated heterocycles. The lowest BCUT2D eigenvalue weighted by atomic mass is 10.2. The zero-order valence-electron chi connectivity index (χ0n) is 16.7. The van der Waals surface area contributed by atoms with Gasteiger partial charge in [-0.05, 0) is 48.0 Å². The molecule has 0 N–H and O–H groups in total. The second-order valence-corrected chi connectivity index (χ2v) is 8.46. The molecule has 0 unspecified atom stereocenters. The lowest BCUT2D eigenvalue weighted by Crippen LogP contribution is -2.27. The molecule has 4 rings (SSSR count). The molecule has 0 spiro atoms. The molecule has 1 aliphatic rings. The van der Waals surface area contributed by atoms with Crippen molar-refractivity contribution in [2.75, 3.05) is 13.2 Å². The summed E-state index contributed by atoms with van der Waals surface area (Å²) in [5, 5.41) is 0. The van der Waals surface area contributed by atoms with E-state index in [1.807, 2.05) is 66.7 Å². The molecule has 1 amide bonds. The van der Waals surface area contributed by atoms with E-state index in [9.17, 15) is 4.79 Å². The molecule has 2 heterocycles. The topological polar surface area (TPSA) is 51.9 Å². The van der Waals surface area contributed by atoms with Crippen LogP contribution in [0.1, 0.15) is 17.7 Å². The van der Waals surface area contributed by atoms with E-state index in [-0.39, 0.29) is 5.91 Å². The highest BCUT2D eigenvalue weighted by Crippen LogP contribution is 2.34. The summed E-state index contributed by atoms with van der Waals surface area (Å²) in [6.45, 7) is 1.46. The van der Waals surface area contributed by atoms with Gasteiger partial charge in [0, 0.05) is 6.42 Å². The summed E-state index contributed by atoms with van der Waals surface area (Å²) in [5.74, 6) is 2.19. The number of ether oxygens (including phenoxy) is 2. The summed E-state index contributed by atoms with van der Waals surface area (Å²) in [6.07, 6.45) is 4.19. The van der Waals surface area contributed by atoms with Crippen LogP contribution in [0.15, 0.2) is 82.3 Å². The Hall–Kier alpha value is -3.03. The van der Waals surface area contributed by atoms with Crippen LogP contribution in [0.5, 0.6) is 11.5 Å². The Morgan fingerprint density at radius 1 is 0.968 bits per heavy atom. The van der Waals surface area contributed by atoms with Crippen LogP contribution in [0.2, 0.25) is 0 Å². The first kappa shape index (κ1) is 21.2. The maximum Gasteiger partial charge on any atom is 0.266 e. The van der Waals surface area contributed by atoms with E-state index < -0.39 is 0 Å². The van der Waals surface area contributed by atoms with E-state index in [0.29, 0.717) is 34.7 Å². The fourth-order valence-electron chi connectivity index (χ4n) is 3.00. The first-order chi connectivity index (χ1) is 15.2. The number of hydrogen-bond donors (Lipinski definition) is 0. The molecule has 0 saturated carbocycles. The minimum Gasteiger partial charge on any atom is -0.493 e. The lowest BCUT2D eigenvalue weighted by Gasteiger charge is -2.12. The van der Waals surface area contributed by atoms with Gasteiger partial charge in [0.25, 0.3) is 5.91 Å². The number of thioether (sulfide) groups is 1. The molecule has 1 aromatic heterocycles. The van der Waals surface area contributed by atoms with Crippen molar-refractivity contribution in [2.24, 2.45) is 0 Å². The highest BCUT2D eigenvalue weighted by atomic mass is 32.2. The van der Waals surface area contributed by atoms with Gasteiger partial charge in [-0.1, -0.05) is 54.3 Å². The number of thiocarbonyl (C=S) groups is 1. The van der Waals surface area contributed by atoms with Crippen LogP contribution in [-0.2, 0) is 11.3 Å². The van der Waals surface area contributed by atoms with Crippen molar-refractivity contribution >= 4 is 40.3 Å². The highest BCUT2D eigenvalue weighted by molar-refractivity contribution is 8.26. The van der Waals surface area contributed by atoms with Crippen LogP contribution in [0.25, 0.3) is 6.08 Å². The minimum atomic E-state index is -0.115. The van der Waals surface area contributed by atoms with Gasteiger partial charge >= 0.3 is 0 Å². The summed E-state index contributed by atoms with van der Waals surface area (Å²) in [6, 6.07) is 21.0. The largest absolute Gasteiger partial charge is 0.493 e. The van der Waals surface area contributed by atoms with Gasteiger partial charge in [0.15, 0.2) is 0 Å². The van der Waals surface area contributed by atoms with Crippen molar-refractivity contribution in [3.8, 4) is 11.5 Å². The van der Waals surface area contributed by atoms with Crippen LogP contribution in [0.4, 0.5) is 0 Å². The zero-order valence-corrected chi connectivity index (χ0v) is 18.4. The molecule has 0 radical (unpaired) electrons. The van der Waals surface area contributed by atoms with E-state index in [4.69, 9.17) is 26.1 Å². The third kappa shape index (κ3) is 5.77. The molecule has 7 heteroatoms. The molecule has 158 valence electrons. The van der Waals surface area contributed by atoms with Crippen molar-refractivity contribution in [1.29, 1.82) is 0 Å². The van der Waals surface area contributed by atoms with E-state index in [1.165, 1.54) is 11.8 Å². The Bertz CT molecular complexity index is 1060. The maximum absolute atomic E-state index is 12.8. The molecular formula is C24H21NO4S2. The van der Waals surface area contributed by atoms with Gasteiger partial charge < -0.3 is 13.9 Å². The number of carbonyl (C=O) groups is 1. The Morgan fingerprint density at radius 3 is 2.52 bits per heavy atom. The van der Waals surface area contributed by atoms with Crippen molar-refractivity contribution in [3.05, 3.63) is 89.2 Å². The number of nitrogens with zero attached hydrogens (tertiary/aromatic N) is 1. The third-order valence-corrected chi connectivity index (χ3v) is 5.87. The smallest absolute Gasteiger partial charge is 0.266 e. The predicted molar refractivity (Wildman–Crippen MR) is 126 cm³/mol. The van der Waals surface area contributed by atoms with Gasteiger partial charge in [-0.15, -0.1) is 0 Å². The second-order valence-electron chi connectivity index (χ2n) is 6.78. The standard InChI is InChI=1S/C24H21NO4S2/c26-23-22(31-24(30)25(23)17-21-11-5-12-29-21)16-18-7-4-10-20(15-18)28-14-6-13-27-19-8-2-1-3-9-19/h1-5,7-12,15-16H,6,13-14,17H2. The summed E-state index contributed by atoms with van der Waals surface area (Å²) in [4.78, 5) is 14.9.